The van der Waals surface area contributed by atoms with Crippen molar-refractivity contribution in [3.63, 3.8) is 0 Å². The first kappa shape index (κ1) is 24.3. The predicted octanol–water partition coefficient (Wildman–Crippen LogP) is 3.64. The van der Waals surface area contributed by atoms with Gasteiger partial charge in [-0.25, -0.2) is 4.98 Å². The van der Waals surface area contributed by atoms with E-state index in [9.17, 15) is 8.78 Å². The summed E-state index contributed by atoms with van der Waals surface area (Å²) in [6.07, 6.45) is 2.63. The van der Waals surface area contributed by atoms with Crippen LogP contribution in [0.5, 0.6) is 0 Å². The van der Waals surface area contributed by atoms with Crippen LogP contribution in [0.2, 0.25) is 0 Å². The van der Waals surface area contributed by atoms with Gasteiger partial charge in [0, 0.05) is 26.0 Å². The van der Waals surface area contributed by atoms with E-state index >= 15 is 0 Å². The topological polar surface area (TPSA) is 57.5 Å². The summed E-state index contributed by atoms with van der Waals surface area (Å²) in [6.45, 7) is 4.33. The molecule has 2 rings (SSSR count). The first-order valence-corrected chi connectivity index (χ1v) is 9.14. The Kier molecular flexibility index (Phi) is 11.0. The molecule has 0 amide bonds. The summed E-state index contributed by atoms with van der Waals surface area (Å²) in [7, 11) is 1.66. The van der Waals surface area contributed by atoms with Gasteiger partial charge in [-0.05, 0) is 18.7 Å². The molecule has 2 aromatic rings. The Morgan fingerprint density at radius 1 is 1.18 bits per heavy atom. The van der Waals surface area contributed by atoms with Crippen LogP contribution >= 0.6 is 24.0 Å². The molecule has 156 valence electrons. The lowest BCUT2D eigenvalue weighted by Gasteiger charge is -2.30. The Balaban J connectivity index is 0.00000392. The average molecular weight is 506 g/mol. The van der Waals surface area contributed by atoms with Crippen molar-refractivity contribution >= 4 is 29.9 Å². The van der Waals surface area contributed by atoms with Gasteiger partial charge in [-0.1, -0.05) is 44.2 Å². The second-order valence-corrected chi connectivity index (χ2v) is 5.98. The molecule has 1 aromatic heterocycles. The normalized spacial score (nSPS) is 12.8. The molecule has 6 nitrogen and oxygen atoms in total. The van der Waals surface area contributed by atoms with Crippen LogP contribution in [0.25, 0.3) is 0 Å². The molecule has 0 aliphatic rings. The highest BCUT2D eigenvalue weighted by molar-refractivity contribution is 14.0. The van der Waals surface area contributed by atoms with Crippen molar-refractivity contribution in [2.75, 3.05) is 26.7 Å². The largest absolute Gasteiger partial charge is 0.354 e. The van der Waals surface area contributed by atoms with Gasteiger partial charge in [0.25, 0.3) is 0 Å². The van der Waals surface area contributed by atoms with Crippen LogP contribution in [0.1, 0.15) is 37.8 Å². The lowest BCUT2D eigenvalue weighted by Crippen LogP contribution is -2.43. The molecule has 0 bridgehead atoms. The number of alkyl halides is 2. The summed E-state index contributed by atoms with van der Waals surface area (Å²) in [5, 5.41) is 6.35. The quantitative estimate of drug-likeness (QED) is 0.310. The number of aromatic nitrogens is 2. The van der Waals surface area contributed by atoms with Crippen molar-refractivity contribution in [1.82, 2.24) is 25.1 Å². The summed E-state index contributed by atoms with van der Waals surface area (Å²) in [4.78, 5) is 10.5. The minimum absolute atomic E-state index is 0. The van der Waals surface area contributed by atoms with Crippen molar-refractivity contribution in [2.45, 2.75) is 33.0 Å². The molecule has 2 N–H and O–H groups in total. The first-order valence-electron chi connectivity index (χ1n) is 9.14. The molecule has 1 atom stereocenters. The molecule has 0 spiro atoms. The zero-order valence-electron chi connectivity index (χ0n) is 16.5. The number of aliphatic imine (C=N–C) groups is 1. The second kappa shape index (κ2) is 12.7. The molecule has 1 unspecified atom stereocenters. The molecule has 28 heavy (non-hydrogen) atoms. The maximum absolute atomic E-state index is 12.9. The SMILES string of the molecule is CCN(CC)C(CNC(=NC)NCc1nccn1C(F)F)c1ccccc1.I. The summed E-state index contributed by atoms with van der Waals surface area (Å²) in [5.41, 5.74) is 1.22. The fraction of sp³-hybridized carbons (Fsp3) is 0.474. The number of imidazole rings is 1. The Hall–Kier alpha value is -1.75. The molecular weight excluding hydrogens is 477 g/mol. The fourth-order valence-electron chi connectivity index (χ4n) is 3.03. The molecule has 9 heteroatoms. The Morgan fingerprint density at radius 2 is 1.86 bits per heavy atom. The minimum Gasteiger partial charge on any atom is -0.354 e. The number of likely N-dealkylation sites (N-methyl/N-ethyl adjacent to an activating group) is 1. The molecule has 0 saturated heterocycles. The first-order chi connectivity index (χ1) is 13.1. The van der Waals surface area contributed by atoms with Crippen LogP contribution in [0, 0.1) is 0 Å². The Morgan fingerprint density at radius 3 is 2.43 bits per heavy atom. The van der Waals surface area contributed by atoms with Crippen molar-refractivity contribution < 1.29 is 8.78 Å². The van der Waals surface area contributed by atoms with Crippen LogP contribution in [-0.4, -0.2) is 47.1 Å². The highest BCUT2D eigenvalue weighted by Crippen LogP contribution is 2.19. The van der Waals surface area contributed by atoms with Gasteiger partial charge in [0.05, 0.1) is 12.6 Å². The molecule has 0 fully saturated rings. The minimum atomic E-state index is -2.61. The highest BCUT2D eigenvalue weighted by Gasteiger charge is 2.18. The number of hydrogen-bond donors (Lipinski definition) is 2. The Labute approximate surface area is 182 Å². The van der Waals surface area contributed by atoms with Gasteiger partial charge in [-0.3, -0.25) is 14.5 Å². The maximum atomic E-state index is 12.9. The highest BCUT2D eigenvalue weighted by atomic mass is 127. The van der Waals surface area contributed by atoms with E-state index in [1.807, 2.05) is 18.2 Å². The van der Waals surface area contributed by atoms with Gasteiger partial charge < -0.3 is 10.6 Å². The van der Waals surface area contributed by atoms with E-state index in [-0.39, 0.29) is 42.4 Å². The van der Waals surface area contributed by atoms with Crippen LogP contribution < -0.4 is 10.6 Å². The van der Waals surface area contributed by atoms with Crippen molar-refractivity contribution in [1.29, 1.82) is 0 Å². The van der Waals surface area contributed by atoms with E-state index in [2.05, 4.69) is 51.5 Å². The number of rotatable bonds is 9. The van der Waals surface area contributed by atoms with E-state index in [0.717, 1.165) is 17.7 Å². The van der Waals surface area contributed by atoms with E-state index < -0.39 is 6.55 Å². The Bertz CT molecular complexity index is 703. The monoisotopic (exact) mass is 506 g/mol. The van der Waals surface area contributed by atoms with Crippen LogP contribution in [0.15, 0.2) is 47.7 Å². The lowest BCUT2D eigenvalue weighted by molar-refractivity contribution is 0.0668. The fourth-order valence-corrected chi connectivity index (χ4v) is 3.03. The maximum Gasteiger partial charge on any atom is 0.319 e. The third kappa shape index (κ3) is 6.69. The summed E-state index contributed by atoms with van der Waals surface area (Å²) < 4.78 is 26.7. The van der Waals surface area contributed by atoms with Gasteiger partial charge in [0.15, 0.2) is 5.96 Å². The van der Waals surface area contributed by atoms with Gasteiger partial charge in [0.2, 0.25) is 0 Å². The van der Waals surface area contributed by atoms with Crippen molar-refractivity contribution in [2.24, 2.45) is 4.99 Å². The van der Waals surface area contributed by atoms with Crippen molar-refractivity contribution in [3.8, 4) is 0 Å². The number of hydrogen-bond acceptors (Lipinski definition) is 3. The summed E-state index contributed by atoms with van der Waals surface area (Å²) >= 11 is 0. The van der Waals surface area contributed by atoms with E-state index in [1.54, 1.807) is 7.05 Å². The number of benzene rings is 1. The lowest BCUT2D eigenvalue weighted by atomic mass is 10.1. The molecule has 0 aliphatic carbocycles. The molecule has 0 saturated carbocycles. The van der Waals surface area contributed by atoms with Crippen LogP contribution in [0.4, 0.5) is 8.78 Å². The molecule has 0 radical (unpaired) electrons. The third-order valence-electron chi connectivity index (χ3n) is 4.50. The van der Waals surface area contributed by atoms with Gasteiger partial charge in [-0.15, -0.1) is 24.0 Å². The third-order valence-corrected chi connectivity index (χ3v) is 4.50. The second-order valence-electron chi connectivity index (χ2n) is 5.98. The molecular formula is C19H29F2IN6. The van der Waals surface area contributed by atoms with Crippen LogP contribution in [0.3, 0.4) is 0 Å². The zero-order valence-corrected chi connectivity index (χ0v) is 18.8. The number of nitrogens with one attached hydrogen (secondary N) is 2. The van der Waals surface area contributed by atoms with Gasteiger partial charge in [0.1, 0.15) is 5.82 Å². The molecule has 0 aliphatic heterocycles. The summed E-state index contributed by atoms with van der Waals surface area (Å²) in [6, 6.07) is 10.5. The van der Waals surface area contributed by atoms with E-state index in [1.165, 1.54) is 18.0 Å². The summed E-state index contributed by atoms with van der Waals surface area (Å²) in [5.74, 6) is 0.809. The smallest absolute Gasteiger partial charge is 0.319 e. The number of halogens is 3. The van der Waals surface area contributed by atoms with E-state index in [4.69, 9.17) is 0 Å². The predicted molar refractivity (Wildman–Crippen MR) is 119 cm³/mol. The van der Waals surface area contributed by atoms with Gasteiger partial charge >= 0.3 is 6.55 Å². The van der Waals surface area contributed by atoms with E-state index in [0.29, 0.717) is 12.5 Å². The van der Waals surface area contributed by atoms with Crippen LogP contribution in [-0.2, 0) is 6.54 Å². The van der Waals surface area contributed by atoms with Gasteiger partial charge in [-0.2, -0.15) is 8.78 Å². The number of guanidine groups is 1. The molecule has 1 heterocycles. The standard InChI is InChI=1S/C19H28F2N6.HI/c1-4-26(5-2)16(15-9-7-6-8-10-15)13-24-19(22-3)25-14-17-23-11-12-27(17)18(20)21;/h6-12,16,18H,4-5,13-14H2,1-3H3,(H2,22,24,25);1H. The van der Waals surface area contributed by atoms with Crippen molar-refractivity contribution in [3.05, 3.63) is 54.1 Å². The number of nitrogens with zero attached hydrogens (tertiary/aromatic N) is 4. The average Bonchev–Trinajstić information content (AvgIpc) is 3.17. The zero-order chi connectivity index (χ0) is 19.6. The molecule has 1 aromatic carbocycles.